The lowest BCUT2D eigenvalue weighted by molar-refractivity contribution is 0.465. The largest absolute Gasteiger partial charge is 0.366 e. The smallest absolute Gasteiger partial charge is 0.0445 e. The molecule has 0 N–H and O–H groups in total. The third kappa shape index (κ3) is 2.28. The maximum atomic E-state index is 4.25. The van der Waals surface area contributed by atoms with Gasteiger partial charge in [-0.05, 0) is 48.2 Å². The maximum Gasteiger partial charge on any atom is 0.0445 e. The van der Waals surface area contributed by atoms with Gasteiger partial charge in [0, 0.05) is 41.1 Å². The van der Waals surface area contributed by atoms with Crippen molar-refractivity contribution in [2.75, 3.05) is 11.4 Å². The molecule has 1 aliphatic heterocycles. The van der Waals surface area contributed by atoms with Crippen molar-refractivity contribution in [1.29, 1.82) is 0 Å². The molecule has 108 valence electrons. The molecule has 0 amide bonds. The fourth-order valence-corrected chi connectivity index (χ4v) is 4.44. The highest BCUT2D eigenvalue weighted by atomic mass is 79.9. The molecule has 1 saturated carbocycles. The number of hydrogen-bond acceptors (Lipinski definition) is 2. The summed E-state index contributed by atoms with van der Waals surface area (Å²) < 4.78 is 1.20. The Bertz CT molecular complexity index is 648. The summed E-state index contributed by atoms with van der Waals surface area (Å²) in [6, 6.07) is 11.0. The third-order valence-corrected chi connectivity index (χ3v) is 5.51. The lowest BCUT2D eigenvalue weighted by atomic mass is 9.81. The summed E-state index contributed by atoms with van der Waals surface area (Å²) in [5.74, 6) is 0. The Morgan fingerprint density at radius 2 is 2.05 bits per heavy atom. The summed E-state index contributed by atoms with van der Waals surface area (Å²) >= 11 is 3.65. The van der Waals surface area contributed by atoms with Crippen LogP contribution in [-0.4, -0.2) is 11.5 Å². The Morgan fingerprint density at radius 3 is 2.81 bits per heavy atom. The highest BCUT2D eigenvalue weighted by Crippen LogP contribution is 2.51. The molecule has 2 aromatic rings. The molecule has 3 heteroatoms. The number of rotatable bonds is 2. The van der Waals surface area contributed by atoms with Gasteiger partial charge in [-0.3, -0.25) is 4.98 Å². The Balaban J connectivity index is 1.72. The standard InChI is InChI=1S/C18H19BrN2/c19-15-5-6-17-16(10-15)18(7-1-2-8-18)13-21(17)12-14-4-3-9-20-11-14/h3-6,9-11H,1-2,7-8,12-13H2. The molecule has 0 radical (unpaired) electrons. The quantitative estimate of drug-likeness (QED) is 0.787. The van der Waals surface area contributed by atoms with Crippen molar-refractivity contribution in [3.63, 3.8) is 0 Å². The van der Waals surface area contributed by atoms with Crippen molar-refractivity contribution >= 4 is 21.6 Å². The minimum Gasteiger partial charge on any atom is -0.366 e. The van der Waals surface area contributed by atoms with E-state index in [2.05, 4.69) is 50.1 Å². The highest BCUT2D eigenvalue weighted by Gasteiger charge is 2.44. The maximum absolute atomic E-state index is 4.25. The van der Waals surface area contributed by atoms with Gasteiger partial charge in [0.15, 0.2) is 0 Å². The Labute approximate surface area is 134 Å². The van der Waals surface area contributed by atoms with Gasteiger partial charge < -0.3 is 4.90 Å². The van der Waals surface area contributed by atoms with Gasteiger partial charge in [-0.25, -0.2) is 0 Å². The molecule has 1 aromatic carbocycles. The van der Waals surface area contributed by atoms with Crippen LogP contribution in [0.3, 0.4) is 0 Å². The second-order valence-electron chi connectivity index (χ2n) is 6.37. The summed E-state index contributed by atoms with van der Waals surface area (Å²) in [6.45, 7) is 2.12. The molecule has 1 aromatic heterocycles. The normalized spacial score (nSPS) is 19.2. The first-order valence-corrected chi connectivity index (χ1v) is 8.50. The summed E-state index contributed by atoms with van der Waals surface area (Å²) in [7, 11) is 0. The Hall–Kier alpha value is -1.35. The van der Waals surface area contributed by atoms with E-state index in [9.17, 15) is 0 Å². The van der Waals surface area contributed by atoms with Crippen LogP contribution in [0, 0.1) is 0 Å². The number of fused-ring (bicyclic) bond motifs is 2. The summed E-state index contributed by atoms with van der Waals surface area (Å²) in [5.41, 5.74) is 4.66. The molecule has 0 saturated heterocycles. The number of benzene rings is 1. The fraction of sp³-hybridized carbons (Fsp3) is 0.389. The number of pyridine rings is 1. The van der Waals surface area contributed by atoms with Crippen LogP contribution in [0.15, 0.2) is 47.2 Å². The lowest BCUT2D eigenvalue weighted by Crippen LogP contribution is -2.30. The number of aromatic nitrogens is 1. The Kier molecular flexibility index (Phi) is 3.26. The number of anilines is 1. The monoisotopic (exact) mass is 342 g/mol. The van der Waals surface area contributed by atoms with Gasteiger partial charge in [0.1, 0.15) is 0 Å². The molecule has 4 rings (SSSR count). The predicted molar refractivity (Wildman–Crippen MR) is 89.6 cm³/mol. The summed E-state index contributed by atoms with van der Waals surface area (Å²) in [4.78, 5) is 6.80. The average Bonchev–Trinajstić information content (AvgIpc) is 3.07. The van der Waals surface area contributed by atoms with Crippen molar-refractivity contribution in [3.05, 3.63) is 58.3 Å². The minimum absolute atomic E-state index is 0.390. The number of hydrogen-bond donors (Lipinski definition) is 0. The molecule has 2 heterocycles. The van der Waals surface area contributed by atoms with Crippen molar-refractivity contribution < 1.29 is 0 Å². The SMILES string of the molecule is Brc1ccc2c(c1)C1(CCCC1)CN2Cc1cccnc1. The van der Waals surface area contributed by atoms with Gasteiger partial charge in [-0.2, -0.15) is 0 Å². The molecule has 1 aliphatic carbocycles. The molecule has 2 aliphatic rings. The van der Waals surface area contributed by atoms with Crippen molar-refractivity contribution in [1.82, 2.24) is 4.98 Å². The highest BCUT2D eigenvalue weighted by molar-refractivity contribution is 9.10. The van der Waals surface area contributed by atoms with Crippen LogP contribution < -0.4 is 4.90 Å². The molecule has 2 nitrogen and oxygen atoms in total. The first-order chi connectivity index (χ1) is 10.3. The first-order valence-electron chi connectivity index (χ1n) is 7.71. The van der Waals surface area contributed by atoms with E-state index in [0.29, 0.717) is 5.41 Å². The lowest BCUT2D eigenvalue weighted by Gasteiger charge is -2.25. The zero-order chi connectivity index (χ0) is 14.3. The van der Waals surface area contributed by atoms with Crippen LogP contribution in [0.25, 0.3) is 0 Å². The van der Waals surface area contributed by atoms with Crippen LogP contribution in [0.4, 0.5) is 5.69 Å². The van der Waals surface area contributed by atoms with Crippen molar-refractivity contribution in [3.8, 4) is 0 Å². The van der Waals surface area contributed by atoms with E-state index in [1.165, 1.54) is 41.4 Å². The molecule has 0 bridgehead atoms. The van der Waals surface area contributed by atoms with Crippen LogP contribution in [-0.2, 0) is 12.0 Å². The van der Waals surface area contributed by atoms with E-state index in [1.54, 1.807) is 5.56 Å². The fourth-order valence-electron chi connectivity index (χ4n) is 4.08. The van der Waals surface area contributed by atoms with E-state index < -0.39 is 0 Å². The van der Waals surface area contributed by atoms with E-state index in [0.717, 1.165) is 13.1 Å². The number of nitrogens with zero attached hydrogens (tertiary/aromatic N) is 2. The molecule has 0 atom stereocenters. The van der Waals surface area contributed by atoms with Crippen molar-refractivity contribution in [2.45, 2.75) is 37.6 Å². The topological polar surface area (TPSA) is 16.1 Å². The molecule has 1 fully saturated rings. The summed E-state index contributed by atoms with van der Waals surface area (Å²) in [5, 5.41) is 0. The van der Waals surface area contributed by atoms with Crippen LogP contribution in [0.2, 0.25) is 0 Å². The van der Waals surface area contributed by atoms with Gasteiger partial charge >= 0.3 is 0 Å². The van der Waals surface area contributed by atoms with Gasteiger partial charge in [0.05, 0.1) is 0 Å². The second kappa shape index (κ2) is 5.13. The Morgan fingerprint density at radius 1 is 1.19 bits per heavy atom. The van der Waals surface area contributed by atoms with Gasteiger partial charge in [-0.1, -0.05) is 34.8 Å². The minimum atomic E-state index is 0.390. The zero-order valence-corrected chi connectivity index (χ0v) is 13.6. The van der Waals surface area contributed by atoms with E-state index in [-0.39, 0.29) is 0 Å². The van der Waals surface area contributed by atoms with E-state index >= 15 is 0 Å². The van der Waals surface area contributed by atoms with E-state index in [1.807, 2.05) is 18.5 Å². The van der Waals surface area contributed by atoms with Gasteiger partial charge in [-0.15, -0.1) is 0 Å². The first kappa shape index (κ1) is 13.3. The van der Waals surface area contributed by atoms with Gasteiger partial charge in [0.25, 0.3) is 0 Å². The average molecular weight is 343 g/mol. The van der Waals surface area contributed by atoms with Crippen LogP contribution >= 0.6 is 15.9 Å². The third-order valence-electron chi connectivity index (χ3n) is 5.02. The molecular weight excluding hydrogens is 324 g/mol. The van der Waals surface area contributed by atoms with E-state index in [4.69, 9.17) is 0 Å². The van der Waals surface area contributed by atoms with Crippen LogP contribution in [0.5, 0.6) is 0 Å². The zero-order valence-electron chi connectivity index (χ0n) is 12.1. The summed E-state index contributed by atoms with van der Waals surface area (Å²) in [6.07, 6.45) is 9.23. The van der Waals surface area contributed by atoms with Gasteiger partial charge in [0.2, 0.25) is 0 Å². The molecule has 1 spiro atoms. The molecule has 0 unspecified atom stereocenters. The number of halogens is 1. The molecular formula is C18H19BrN2. The predicted octanol–water partition coefficient (Wildman–Crippen LogP) is 4.68. The van der Waals surface area contributed by atoms with Crippen LogP contribution in [0.1, 0.15) is 36.8 Å². The molecule has 21 heavy (non-hydrogen) atoms. The second-order valence-corrected chi connectivity index (χ2v) is 7.28. The van der Waals surface area contributed by atoms with Crippen molar-refractivity contribution in [2.24, 2.45) is 0 Å².